The summed E-state index contributed by atoms with van der Waals surface area (Å²) in [6.07, 6.45) is 9.69. The molecule has 1 aliphatic carbocycles. The number of hydrogen-bond donors (Lipinski definition) is 0. The Labute approximate surface area is 138 Å². The van der Waals surface area contributed by atoms with E-state index in [1.165, 1.54) is 42.4 Å². The zero-order valence-corrected chi connectivity index (χ0v) is 13.8. The van der Waals surface area contributed by atoms with Crippen molar-refractivity contribution in [2.45, 2.75) is 51.4 Å². The van der Waals surface area contributed by atoms with Gasteiger partial charge in [0.15, 0.2) is 0 Å². The van der Waals surface area contributed by atoms with Crippen molar-refractivity contribution in [1.82, 2.24) is 14.7 Å². The van der Waals surface area contributed by atoms with Crippen LogP contribution >= 0.6 is 0 Å². The molecule has 1 saturated heterocycles. The van der Waals surface area contributed by atoms with Crippen molar-refractivity contribution >= 4 is 0 Å². The van der Waals surface area contributed by atoms with Crippen LogP contribution in [0, 0.1) is 6.92 Å². The highest BCUT2D eigenvalue weighted by molar-refractivity contribution is 5.61. The Morgan fingerprint density at radius 3 is 2.83 bits per heavy atom. The van der Waals surface area contributed by atoms with E-state index in [2.05, 4.69) is 52.1 Å². The van der Waals surface area contributed by atoms with E-state index in [9.17, 15) is 0 Å². The Kier molecular flexibility index (Phi) is 4.19. The minimum Gasteiger partial charge on any atom is -0.375 e. The standard InChI is InChI=1S/C19H25N3O/c1-15-6-8-16(9-7-15)17-12-20-22(13-17)14-21-10-11-23-19-5-3-2-4-18(19)21/h6-9,12-13,18-19H,2-5,10-11,14H2,1H3/t18-,19+/m1/s1. The second-order valence-electron chi connectivity index (χ2n) is 6.85. The number of nitrogens with zero attached hydrogens (tertiary/aromatic N) is 3. The summed E-state index contributed by atoms with van der Waals surface area (Å²) in [7, 11) is 0. The molecule has 0 radical (unpaired) electrons. The summed E-state index contributed by atoms with van der Waals surface area (Å²) in [5.41, 5.74) is 3.72. The molecule has 2 heterocycles. The molecule has 0 N–H and O–H groups in total. The number of aromatic nitrogens is 2. The molecule has 2 aromatic rings. The third kappa shape index (κ3) is 3.19. The fraction of sp³-hybridized carbons (Fsp3) is 0.526. The smallest absolute Gasteiger partial charge is 0.0933 e. The van der Waals surface area contributed by atoms with Crippen molar-refractivity contribution in [2.24, 2.45) is 0 Å². The number of aryl methyl sites for hydroxylation is 1. The van der Waals surface area contributed by atoms with Crippen molar-refractivity contribution < 1.29 is 4.74 Å². The van der Waals surface area contributed by atoms with Crippen LogP contribution in [0.3, 0.4) is 0 Å². The van der Waals surface area contributed by atoms with E-state index in [0.29, 0.717) is 12.1 Å². The molecular weight excluding hydrogens is 286 g/mol. The van der Waals surface area contributed by atoms with E-state index in [4.69, 9.17) is 4.74 Å². The van der Waals surface area contributed by atoms with Crippen LogP contribution in [0.15, 0.2) is 36.7 Å². The maximum absolute atomic E-state index is 5.96. The SMILES string of the molecule is Cc1ccc(-c2cnn(CN3CCO[C@H]4CCCC[C@H]43)c2)cc1. The van der Waals surface area contributed by atoms with E-state index in [1.54, 1.807) is 0 Å². The van der Waals surface area contributed by atoms with Crippen LogP contribution in [0.4, 0.5) is 0 Å². The maximum Gasteiger partial charge on any atom is 0.0933 e. The normalized spacial score (nSPS) is 25.3. The fourth-order valence-electron chi connectivity index (χ4n) is 3.87. The van der Waals surface area contributed by atoms with Crippen molar-refractivity contribution in [3.05, 3.63) is 42.2 Å². The molecule has 1 aromatic carbocycles. The summed E-state index contributed by atoms with van der Waals surface area (Å²) >= 11 is 0. The molecule has 1 saturated carbocycles. The Bertz CT molecular complexity index is 647. The first-order valence-electron chi connectivity index (χ1n) is 8.75. The zero-order chi connectivity index (χ0) is 15.6. The van der Waals surface area contributed by atoms with Gasteiger partial charge in [-0.1, -0.05) is 42.7 Å². The molecule has 2 aliphatic rings. The molecule has 0 unspecified atom stereocenters. The molecule has 0 spiro atoms. The highest BCUT2D eigenvalue weighted by atomic mass is 16.5. The third-order valence-corrected chi connectivity index (χ3v) is 5.19. The molecule has 1 aromatic heterocycles. The van der Waals surface area contributed by atoms with Crippen LogP contribution in [0.1, 0.15) is 31.2 Å². The van der Waals surface area contributed by atoms with E-state index in [0.717, 1.165) is 19.8 Å². The van der Waals surface area contributed by atoms with E-state index in [-0.39, 0.29) is 0 Å². The Morgan fingerprint density at radius 1 is 1.13 bits per heavy atom. The minimum absolute atomic E-state index is 0.435. The first kappa shape index (κ1) is 14.9. The zero-order valence-electron chi connectivity index (χ0n) is 13.8. The average Bonchev–Trinajstić information content (AvgIpc) is 3.04. The number of morpholine rings is 1. The summed E-state index contributed by atoms with van der Waals surface area (Å²) in [5.74, 6) is 0. The second-order valence-corrected chi connectivity index (χ2v) is 6.85. The lowest BCUT2D eigenvalue weighted by Crippen LogP contribution is -2.52. The molecule has 0 amide bonds. The monoisotopic (exact) mass is 311 g/mol. The topological polar surface area (TPSA) is 30.3 Å². The van der Waals surface area contributed by atoms with Gasteiger partial charge < -0.3 is 4.74 Å². The Hall–Kier alpha value is -1.65. The summed E-state index contributed by atoms with van der Waals surface area (Å²) in [6.45, 7) is 4.86. The van der Waals surface area contributed by atoms with Gasteiger partial charge >= 0.3 is 0 Å². The molecule has 122 valence electrons. The molecule has 2 fully saturated rings. The van der Waals surface area contributed by atoms with Gasteiger partial charge in [0.2, 0.25) is 0 Å². The van der Waals surface area contributed by atoms with Crippen molar-refractivity contribution in [3.63, 3.8) is 0 Å². The maximum atomic E-state index is 5.96. The van der Waals surface area contributed by atoms with Crippen molar-refractivity contribution in [3.8, 4) is 11.1 Å². The van der Waals surface area contributed by atoms with E-state index in [1.807, 2.05) is 6.20 Å². The van der Waals surface area contributed by atoms with Crippen LogP contribution in [0.25, 0.3) is 11.1 Å². The van der Waals surface area contributed by atoms with Crippen LogP contribution in [-0.4, -0.2) is 40.0 Å². The first-order chi connectivity index (χ1) is 11.3. The number of hydrogen-bond acceptors (Lipinski definition) is 3. The molecule has 23 heavy (non-hydrogen) atoms. The molecule has 0 bridgehead atoms. The number of benzene rings is 1. The predicted octanol–water partition coefficient (Wildman–Crippen LogP) is 3.46. The largest absolute Gasteiger partial charge is 0.375 e. The van der Waals surface area contributed by atoms with Crippen LogP contribution in [-0.2, 0) is 11.4 Å². The van der Waals surface area contributed by atoms with Crippen LogP contribution in [0.5, 0.6) is 0 Å². The second kappa shape index (κ2) is 6.46. The lowest BCUT2D eigenvalue weighted by atomic mass is 9.90. The average molecular weight is 311 g/mol. The van der Waals surface area contributed by atoms with Gasteiger partial charge in [0.25, 0.3) is 0 Å². The van der Waals surface area contributed by atoms with Gasteiger partial charge in [0.1, 0.15) is 0 Å². The Morgan fingerprint density at radius 2 is 1.96 bits per heavy atom. The quantitative estimate of drug-likeness (QED) is 0.869. The van der Waals surface area contributed by atoms with Crippen molar-refractivity contribution in [2.75, 3.05) is 13.2 Å². The van der Waals surface area contributed by atoms with Gasteiger partial charge in [-0.15, -0.1) is 0 Å². The van der Waals surface area contributed by atoms with Gasteiger partial charge in [-0.2, -0.15) is 5.10 Å². The molecular formula is C19H25N3O. The lowest BCUT2D eigenvalue weighted by Gasteiger charge is -2.43. The van der Waals surface area contributed by atoms with Gasteiger partial charge in [0.05, 0.1) is 25.6 Å². The van der Waals surface area contributed by atoms with Gasteiger partial charge in [-0.05, 0) is 25.3 Å². The lowest BCUT2D eigenvalue weighted by molar-refractivity contribution is -0.0991. The fourth-order valence-corrected chi connectivity index (χ4v) is 3.87. The van der Waals surface area contributed by atoms with Crippen LogP contribution in [0.2, 0.25) is 0 Å². The molecule has 1 aliphatic heterocycles. The summed E-state index contributed by atoms with van der Waals surface area (Å²) < 4.78 is 8.04. The van der Waals surface area contributed by atoms with Gasteiger partial charge in [-0.25, -0.2) is 0 Å². The first-order valence-corrected chi connectivity index (χ1v) is 8.75. The summed E-state index contributed by atoms with van der Waals surface area (Å²) in [4.78, 5) is 2.55. The highest BCUT2D eigenvalue weighted by Gasteiger charge is 2.34. The molecule has 4 heteroatoms. The minimum atomic E-state index is 0.435. The molecule has 4 rings (SSSR count). The molecule has 2 atom stereocenters. The number of ether oxygens (including phenoxy) is 1. The van der Waals surface area contributed by atoms with Crippen LogP contribution < -0.4 is 0 Å². The van der Waals surface area contributed by atoms with E-state index < -0.39 is 0 Å². The number of fused-ring (bicyclic) bond motifs is 1. The third-order valence-electron chi connectivity index (χ3n) is 5.19. The summed E-state index contributed by atoms with van der Waals surface area (Å²) in [5, 5.41) is 4.58. The highest BCUT2D eigenvalue weighted by Crippen LogP contribution is 2.29. The van der Waals surface area contributed by atoms with Gasteiger partial charge in [-0.3, -0.25) is 9.58 Å². The van der Waals surface area contributed by atoms with E-state index >= 15 is 0 Å². The Balaban J connectivity index is 1.47. The number of rotatable bonds is 3. The molecule has 4 nitrogen and oxygen atoms in total. The summed E-state index contributed by atoms with van der Waals surface area (Å²) in [6, 6.07) is 9.22. The van der Waals surface area contributed by atoms with Crippen molar-refractivity contribution in [1.29, 1.82) is 0 Å². The predicted molar refractivity (Wildman–Crippen MR) is 91.1 cm³/mol. The van der Waals surface area contributed by atoms with Gasteiger partial charge in [0, 0.05) is 24.3 Å².